The molecule has 1 heterocycles. The molecule has 0 N–H and O–H groups in total. The average Bonchev–Trinajstić information content (AvgIpc) is 3.22. The first-order valence-electron chi connectivity index (χ1n) is 11.0. The fourth-order valence-corrected chi connectivity index (χ4v) is 4.49. The normalized spacial score (nSPS) is 11.3. The van der Waals surface area contributed by atoms with Gasteiger partial charge in [-0.15, -0.1) is 11.3 Å². The van der Waals surface area contributed by atoms with Crippen molar-refractivity contribution in [1.82, 2.24) is 9.80 Å². The van der Waals surface area contributed by atoms with Crippen LogP contribution < -0.4 is 0 Å². The highest BCUT2D eigenvalue weighted by molar-refractivity contribution is 7.10. The summed E-state index contributed by atoms with van der Waals surface area (Å²) in [7, 11) is 0. The van der Waals surface area contributed by atoms with Gasteiger partial charge >= 0.3 is 6.18 Å². The van der Waals surface area contributed by atoms with Gasteiger partial charge in [-0.25, -0.2) is 0 Å². The van der Waals surface area contributed by atoms with Crippen molar-refractivity contribution in [2.45, 2.75) is 39.5 Å². The number of hydrogen-bond donors (Lipinski definition) is 0. The van der Waals surface area contributed by atoms with Crippen LogP contribution in [-0.4, -0.2) is 34.7 Å². The molecule has 0 aliphatic rings. The summed E-state index contributed by atoms with van der Waals surface area (Å²) < 4.78 is 39.4. The molecule has 180 valence electrons. The highest BCUT2D eigenvalue weighted by Gasteiger charge is 2.31. The molecule has 0 saturated carbocycles. The molecule has 0 radical (unpaired) electrons. The molecular weight excluding hydrogens is 461 g/mol. The number of nitrogens with zero attached hydrogens (tertiary/aromatic N) is 2. The zero-order chi connectivity index (χ0) is 24.7. The Morgan fingerprint density at radius 2 is 1.68 bits per heavy atom. The second-order valence-corrected chi connectivity index (χ2v) is 9.07. The van der Waals surface area contributed by atoms with Gasteiger partial charge in [0.25, 0.3) is 5.91 Å². The highest BCUT2D eigenvalue weighted by Crippen LogP contribution is 2.30. The lowest BCUT2D eigenvalue weighted by Crippen LogP contribution is -2.42. The lowest BCUT2D eigenvalue weighted by molar-refractivity contribution is -0.137. The number of thiophene rings is 1. The Morgan fingerprint density at radius 1 is 0.941 bits per heavy atom. The molecule has 2 amide bonds. The van der Waals surface area contributed by atoms with Gasteiger partial charge in [0.05, 0.1) is 12.1 Å². The summed E-state index contributed by atoms with van der Waals surface area (Å²) in [5.41, 5.74) is 1.07. The molecule has 0 aliphatic carbocycles. The Labute approximate surface area is 201 Å². The third-order valence-corrected chi connectivity index (χ3v) is 6.42. The van der Waals surface area contributed by atoms with Crippen molar-refractivity contribution < 1.29 is 22.8 Å². The minimum absolute atomic E-state index is 0.0835. The van der Waals surface area contributed by atoms with Crippen LogP contribution in [0.15, 0.2) is 66.0 Å². The van der Waals surface area contributed by atoms with Crippen molar-refractivity contribution in [3.63, 3.8) is 0 Å². The number of rotatable bonds is 9. The van der Waals surface area contributed by atoms with Crippen LogP contribution in [0.3, 0.4) is 0 Å². The standard InChI is InChI=1S/C26H27F3N2O2S/c1-3-13-30(25(33)21-10-7-11-22(15-21)26(27,28)29)18-24(32)31(16-20-8-5-4-6-9-20)17-23-19(2)12-14-34-23/h4-12,14-15H,3,13,16-18H2,1-2H3. The molecule has 34 heavy (non-hydrogen) atoms. The number of amides is 2. The van der Waals surface area contributed by atoms with Crippen LogP contribution >= 0.6 is 11.3 Å². The Bertz CT molecular complexity index is 1110. The lowest BCUT2D eigenvalue weighted by atomic mass is 10.1. The molecule has 2 aromatic carbocycles. The maximum Gasteiger partial charge on any atom is 0.416 e. The van der Waals surface area contributed by atoms with Gasteiger partial charge in [-0.2, -0.15) is 13.2 Å². The fraction of sp³-hybridized carbons (Fsp3) is 0.308. The van der Waals surface area contributed by atoms with Crippen LogP contribution in [0.5, 0.6) is 0 Å². The summed E-state index contributed by atoms with van der Waals surface area (Å²) in [6.45, 7) is 4.66. The maximum absolute atomic E-state index is 13.4. The molecule has 0 bridgehead atoms. The van der Waals surface area contributed by atoms with Crippen LogP contribution in [0.4, 0.5) is 13.2 Å². The van der Waals surface area contributed by atoms with Gasteiger partial charge in [0.2, 0.25) is 5.91 Å². The molecule has 0 aliphatic heterocycles. The molecule has 0 atom stereocenters. The minimum atomic E-state index is -4.55. The fourth-order valence-electron chi connectivity index (χ4n) is 3.57. The van der Waals surface area contributed by atoms with Gasteiger partial charge in [-0.1, -0.05) is 43.3 Å². The van der Waals surface area contributed by atoms with E-state index in [0.717, 1.165) is 28.1 Å². The topological polar surface area (TPSA) is 40.6 Å². The first-order chi connectivity index (χ1) is 16.2. The first kappa shape index (κ1) is 25.5. The van der Waals surface area contributed by atoms with Gasteiger partial charge in [-0.3, -0.25) is 9.59 Å². The lowest BCUT2D eigenvalue weighted by Gasteiger charge is -2.28. The van der Waals surface area contributed by atoms with Crippen molar-refractivity contribution >= 4 is 23.2 Å². The molecule has 4 nitrogen and oxygen atoms in total. The summed E-state index contributed by atoms with van der Waals surface area (Å²) in [6.07, 6.45) is -3.98. The van der Waals surface area contributed by atoms with Crippen LogP contribution in [-0.2, 0) is 24.1 Å². The number of alkyl halides is 3. The van der Waals surface area contributed by atoms with E-state index in [-0.39, 0.29) is 24.6 Å². The second kappa shape index (κ2) is 11.3. The minimum Gasteiger partial charge on any atom is -0.332 e. The number of aryl methyl sites for hydroxylation is 1. The Kier molecular flexibility index (Phi) is 8.50. The van der Waals surface area contributed by atoms with E-state index in [1.807, 2.05) is 55.6 Å². The predicted molar refractivity (Wildman–Crippen MR) is 127 cm³/mol. The molecule has 1 aromatic heterocycles. The Morgan fingerprint density at radius 3 is 2.29 bits per heavy atom. The summed E-state index contributed by atoms with van der Waals surface area (Å²) in [5, 5.41) is 1.97. The number of halogens is 3. The van der Waals surface area contributed by atoms with E-state index in [0.29, 0.717) is 19.5 Å². The summed E-state index contributed by atoms with van der Waals surface area (Å²) >= 11 is 1.56. The monoisotopic (exact) mass is 488 g/mol. The maximum atomic E-state index is 13.4. The van der Waals surface area contributed by atoms with E-state index in [1.54, 1.807) is 16.2 Å². The summed E-state index contributed by atoms with van der Waals surface area (Å²) in [5.74, 6) is -0.848. The van der Waals surface area contributed by atoms with E-state index in [9.17, 15) is 22.8 Å². The smallest absolute Gasteiger partial charge is 0.332 e. The van der Waals surface area contributed by atoms with Crippen LogP contribution in [0, 0.1) is 6.92 Å². The molecule has 3 aromatic rings. The van der Waals surface area contributed by atoms with E-state index < -0.39 is 17.6 Å². The van der Waals surface area contributed by atoms with Crippen molar-refractivity contribution in [3.8, 4) is 0 Å². The number of hydrogen-bond acceptors (Lipinski definition) is 3. The largest absolute Gasteiger partial charge is 0.416 e. The van der Waals surface area contributed by atoms with Crippen LogP contribution in [0.1, 0.15) is 45.3 Å². The second-order valence-electron chi connectivity index (χ2n) is 8.07. The van der Waals surface area contributed by atoms with E-state index in [4.69, 9.17) is 0 Å². The quantitative estimate of drug-likeness (QED) is 0.362. The van der Waals surface area contributed by atoms with E-state index in [1.165, 1.54) is 17.0 Å². The molecule has 0 spiro atoms. The highest BCUT2D eigenvalue weighted by atomic mass is 32.1. The van der Waals surface area contributed by atoms with Crippen molar-refractivity contribution in [3.05, 3.63) is 93.2 Å². The Balaban J connectivity index is 1.82. The molecule has 8 heteroatoms. The molecule has 0 saturated heterocycles. The predicted octanol–water partition coefficient (Wildman–Crippen LogP) is 6.16. The molecule has 0 fully saturated rings. The van der Waals surface area contributed by atoms with Gasteiger partial charge in [-0.05, 0) is 54.1 Å². The molecule has 0 unspecified atom stereocenters. The van der Waals surface area contributed by atoms with Gasteiger partial charge < -0.3 is 9.80 Å². The van der Waals surface area contributed by atoms with Gasteiger partial charge in [0.1, 0.15) is 6.54 Å². The summed E-state index contributed by atoms with van der Waals surface area (Å²) in [6, 6.07) is 15.9. The zero-order valence-corrected chi connectivity index (χ0v) is 20.0. The zero-order valence-electron chi connectivity index (χ0n) is 19.1. The SMILES string of the molecule is CCCN(CC(=O)N(Cc1ccccc1)Cc1sccc1C)C(=O)c1cccc(C(F)(F)F)c1. The third-order valence-electron chi connectivity index (χ3n) is 5.42. The molecular formula is C26H27F3N2O2S. The third kappa shape index (κ3) is 6.70. The van der Waals surface area contributed by atoms with Crippen molar-refractivity contribution in [2.24, 2.45) is 0 Å². The Hall–Kier alpha value is -3.13. The van der Waals surface area contributed by atoms with Gasteiger partial charge in [0.15, 0.2) is 0 Å². The van der Waals surface area contributed by atoms with Crippen LogP contribution in [0.25, 0.3) is 0 Å². The average molecular weight is 489 g/mol. The number of benzene rings is 2. The van der Waals surface area contributed by atoms with Crippen LogP contribution in [0.2, 0.25) is 0 Å². The van der Waals surface area contributed by atoms with Gasteiger partial charge in [0, 0.05) is 23.5 Å². The van der Waals surface area contributed by atoms with Crippen molar-refractivity contribution in [2.75, 3.05) is 13.1 Å². The number of carbonyl (C=O) groups excluding carboxylic acids is 2. The number of carbonyl (C=O) groups is 2. The van der Waals surface area contributed by atoms with E-state index in [2.05, 4.69) is 0 Å². The van der Waals surface area contributed by atoms with E-state index >= 15 is 0 Å². The molecule has 3 rings (SSSR count). The first-order valence-corrected chi connectivity index (χ1v) is 11.9. The van der Waals surface area contributed by atoms with Crippen molar-refractivity contribution in [1.29, 1.82) is 0 Å². The summed E-state index contributed by atoms with van der Waals surface area (Å²) in [4.78, 5) is 30.6.